The van der Waals surface area contributed by atoms with Crippen LogP contribution in [0, 0.1) is 0 Å². The summed E-state index contributed by atoms with van der Waals surface area (Å²) in [6, 6.07) is 8.67. The average molecular weight is 293 g/mol. The van der Waals surface area contributed by atoms with Gasteiger partial charge < -0.3 is 9.47 Å². The largest absolute Gasteiger partial charge is 0.333 e. The molecule has 1 saturated heterocycles. The molecule has 3 heterocycles. The van der Waals surface area contributed by atoms with Crippen LogP contribution in [0.15, 0.2) is 55.1 Å². The highest BCUT2D eigenvalue weighted by atomic mass is 16.2. The molecule has 22 heavy (non-hydrogen) atoms. The fourth-order valence-electron chi connectivity index (χ4n) is 3.53. The van der Waals surface area contributed by atoms with E-state index in [4.69, 9.17) is 0 Å². The van der Waals surface area contributed by atoms with Crippen LogP contribution in [0.2, 0.25) is 0 Å². The molecule has 4 heteroatoms. The molecule has 0 radical (unpaired) electrons. The van der Waals surface area contributed by atoms with Gasteiger partial charge in [-0.2, -0.15) is 0 Å². The number of hydrogen-bond donors (Lipinski definition) is 0. The molecular weight excluding hydrogens is 274 g/mol. The lowest BCUT2D eigenvalue weighted by atomic mass is 10.1. The van der Waals surface area contributed by atoms with Gasteiger partial charge in [-0.1, -0.05) is 24.3 Å². The van der Waals surface area contributed by atoms with Crippen LogP contribution in [0.4, 0.5) is 0 Å². The smallest absolute Gasteiger partial charge is 0.254 e. The van der Waals surface area contributed by atoms with E-state index in [0.717, 1.165) is 31.4 Å². The highest BCUT2D eigenvalue weighted by Crippen LogP contribution is 2.32. The van der Waals surface area contributed by atoms with Crippen molar-refractivity contribution in [3.8, 4) is 0 Å². The predicted octanol–water partition coefficient (Wildman–Crippen LogP) is 2.86. The Labute approximate surface area is 130 Å². The summed E-state index contributed by atoms with van der Waals surface area (Å²) >= 11 is 0. The minimum absolute atomic E-state index is 0.172. The summed E-state index contributed by atoms with van der Waals surface area (Å²) in [7, 11) is 0. The molecule has 1 amide bonds. The first-order chi connectivity index (χ1) is 10.8. The summed E-state index contributed by atoms with van der Waals surface area (Å²) in [6.45, 7) is 0.784. The van der Waals surface area contributed by atoms with Crippen LogP contribution in [0.3, 0.4) is 0 Å². The number of nitrogens with zero attached hydrogens (tertiary/aromatic N) is 3. The van der Waals surface area contributed by atoms with Gasteiger partial charge in [0.25, 0.3) is 5.91 Å². The van der Waals surface area contributed by atoms with Crippen LogP contribution in [-0.2, 0) is 6.54 Å². The van der Waals surface area contributed by atoms with E-state index < -0.39 is 0 Å². The van der Waals surface area contributed by atoms with Crippen molar-refractivity contribution in [2.24, 2.45) is 0 Å². The number of amides is 1. The summed E-state index contributed by atoms with van der Waals surface area (Å²) < 4.78 is 2.02. The normalized spacial score (nSPS) is 23.0. The fraction of sp³-hybridized carbons (Fsp3) is 0.333. The van der Waals surface area contributed by atoms with E-state index in [0.29, 0.717) is 12.1 Å². The van der Waals surface area contributed by atoms with Crippen LogP contribution >= 0.6 is 0 Å². The molecule has 2 aliphatic rings. The molecule has 0 unspecified atom stereocenters. The first-order valence-corrected chi connectivity index (χ1v) is 7.85. The molecule has 0 aliphatic carbocycles. The molecule has 4 rings (SSSR count). The maximum absolute atomic E-state index is 12.8. The first kappa shape index (κ1) is 13.3. The molecule has 1 aromatic carbocycles. The third-order valence-electron chi connectivity index (χ3n) is 4.67. The molecule has 4 nitrogen and oxygen atoms in total. The molecule has 112 valence electrons. The maximum Gasteiger partial charge on any atom is 0.254 e. The average Bonchev–Trinajstić information content (AvgIpc) is 3.13. The van der Waals surface area contributed by atoms with Gasteiger partial charge >= 0.3 is 0 Å². The van der Waals surface area contributed by atoms with E-state index in [1.807, 2.05) is 35.0 Å². The number of aromatic nitrogens is 2. The van der Waals surface area contributed by atoms with Crippen molar-refractivity contribution < 1.29 is 4.79 Å². The predicted molar refractivity (Wildman–Crippen MR) is 84.5 cm³/mol. The summed E-state index contributed by atoms with van der Waals surface area (Å²) in [5.74, 6) is 0.172. The fourth-order valence-corrected chi connectivity index (χ4v) is 3.53. The van der Waals surface area contributed by atoms with Gasteiger partial charge in [-0.25, -0.2) is 4.98 Å². The van der Waals surface area contributed by atoms with Gasteiger partial charge in [-0.15, -0.1) is 0 Å². The molecule has 2 aliphatic heterocycles. The molecule has 0 N–H and O–H groups in total. The number of benzene rings is 1. The van der Waals surface area contributed by atoms with Gasteiger partial charge in [0.05, 0.1) is 12.4 Å². The van der Waals surface area contributed by atoms with Crippen LogP contribution in [0.5, 0.6) is 0 Å². The zero-order chi connectivity index (χ0) is 14.9. The summed E-state index contributed by atoms with van der Waals surface area (Å²) in [4.78, 5) is 18.9. The Morgan fingerprint density at radius 2 is 2.09 bits per heavy atom. The van der Waals surface area contributed by atoms with Crippen LogP contribution in [-0.4, -0.2) is 32.4 Å². The third-order valence-corrected chi connectivity index (χ3v) is 4.67. The van der Waals surface area contributed by atoms with Gasteiger partial charge in [0.1, 0.15) is 0 Å². The van der Waals surface area contributed by atoms with Gasteiger partial charge in [-0.05, 0) is 37.0 Å². The van der Waals surface area contributed by atoms with Crippen molar-refractivity contribution in [2.75, 3.05) is 0 Å². The van der Waals surface area contributed by atoms with Crippen molar-refractivity contribution in [3.63, 3.8) is 0 Å². The standard InChI is InChI=1S/C18H19N3O/c22-18(21-16-2-1-3-17(21)9-8-16)15-6-4-14(5-7-15)12-20-11-10-19-13-20/h1-2,4-7,10-11,13,16-17H,3,8-9,12H2/t16-,17-/m0/s1. The summed E-state index contributed by atoms with van der Waals surface area (Å²) in [5.41, 5.74) is 1.97. The quantitative estimate of drug-likeness (QED) is 0.816. The lowest BCUT2D eigenvalue weighted by Gasteiger charge is -2.31. The van der Waals surface area contributed by atoms with Crippen molar-refractivity contribution in [1.29, 1.82) is 0 Å². The lowest BCUT2D eigenvalue weighted by molar-refractivity contribution is 0.0689. The second-order valence-electron chi connectivity index (χ2n) is 6.11. The molecule has 1 aromatic heterocycles. The van der Waals surface area contributed by atoms with E-state index >= 15 is 0 Å². The Morgan fingerprint density at radius 3 is 2.82 bits per heavy atom. The Morgan fingerprint density at radius 1 is 1.23 bits per heavy atom. The van der Waals surface area contributed by atoms with Crippen molar-refractivity contribution in [1.82, 2.24) is 14.5 Å². The molecule has 2 aromatic rings. The van der Waals surface area contributed by atoms with Gasteiger partial charge in [0.2, 0.25) is 0 Å². The Balaban J connectivity index is 1.51. The minimum Gasteiger partial charge on any atom is -0.333 e. The summed E-state index contributed by atoms with van der Waals surface area (Å²) in [6.07, 6.45) is 13.2. The minimum atomic E-state index is 0.172. The molecule has 0 spiro atoms. The van der Waals surface area contributed by atoms with Gasteiger partial charge in [0.15, 0.2) is 0 Å². The highest BCUT2D eigenvalue weighted by molar-refractivity contribution is 5.95. The maximum atomic E-state index is 12.8. The van der Waals surface area contributed by atoms with Crippen LogP contribution in [0.1, 0.15) is 35.2 Å². The zero-order valence-electron chi connectivity index (χ0n) is 12.4. The third kappa shape index (κ3) is 2.34. The number of carbonyl (C=O) groups is 1. The zero-order valence-corrected chi connectivity index (χ0v) is 12.4. The molecular formula is C18H19N3O. The Hall–Kier alpha value is -2.36. The van der Waals surface area contributed by atoms with E-state index in [1.165, 1.54) is 5.56 Å². The van der Waals surface area contributed by atoms with Crippen molar-refractivity contribution in [2.45, 2.75) is 37.9 Å². The number of imidazole rings is 1. The SMILES string of the molecule is O=C(c1ccc(Cn2ccnc2)cc1)N1[C@H]2CC=C[C@H]1CC2. The summed E-state index contributed by atoms with van der Waals surface area (Å²) in [5, 5.41) is 0. The first-order valence-electron chi connectivity index (χ1n) is 7.85. The molecule has 2 bridgehead atoms. The topological polar surface area (TPSA) is 38.1 Å². The second kappa shape index (κ2) is 5.44. The molecule has 2 atom stereocenters. The van der Waals surface area contributed by atoms with Crippen LogP contribution < -0.4 is 0 Å². The van der Waals surface area contributed by atoms with Crippen LogP contribution in [0.25, 0.3) is 0 Å². The lowest BCUT2D eigenvalue weighted by Crippen LogP contribution is -2.42. The molecule has 1 fully saturated rings. The number of rotatable bonds is 3. The van der Waals surface area contributed by atoms with E-state index in [2.05, 4.69) is 22.0 Å². The monoisotopic (exact) mass is 293 g/mol. The number of hydrogen-bond acceptors (Lipinski definition) is 2. The van der Waals surface area contributed by atoms with Crippen molar-refractivity contribution in [3.05, 3.63) is 66.3 Å². The number of carbonyl (C=O) groups excluding carboxylic acids is 1. The highest BCUT2D eigenvalue weighted by Gasteiger charge is 2.37. The Kier molecular flexibility index (Phi) is 3.29. The van der Waals surface area contributed by atoms with E-state index in [-0.39, 0.29) is 5.91 Å². The molecule has 0 saturated carbocycles. The van der Waals surface area contributed by atoms with Gasteiger partial charge in [0, 0.05) is 30.5 Å². The second-order valence-corrected chi connectivity index (χ2v) is 6.11. The Bertz CT molecular complexity index is 688. The van der Waals surface area contributed by atoms with Gasteiger partial charge in [-0.3, -0.25) is 4.79 Å². The van der Waals surface area contributed by atoms with E-state index in [9.17, 15) is 4.79 Å². The van der Waals surface area contributed by atoms with E-state index in [1.54, 1.807) is 12.5 Å². The number of fused-ring (bicyclic) bond motifs is 2. The van der Waals surface area contributed by atoms with Crippen molar-refractivity contribution >= 4 is 5.91 Å².